The first-order valence-electron chi connectivity index (χ1n) is 5.88. The summed E-state index contributed by atoms with van der Waals surface area (Å²) in [6, 6.07) is 1.81. The summed E-state index contributed by atoms with van der Waals surface area (Å²) in [5.41, 5.74) is -1.51. The number of alkyl halides is 3. The zero-order valence-corrected chi connectivity index (χ0v) is 10.3. The molecule has 0 aromatic heterocycles. The molecule has 1 aliphatic rings. The van der Waals surface area contributed by atoms with Crippen molar-refractivity contribution < 1.29 is 27.1 Å². The van der Waals surface area contributed by atoms with Gasteiger partial charge in [-0.05, 0) is 18.2 Å². The van der Waals surface area contributed by atoms with E-state index in [1.54, 1.807) is 0 Å². The van der Waals surface area contributed by atoms with Gasteiger partial charge in [0.15, 0.2) is 0 Å². The van der Waals surface area contributed by atoms with E-state index in [1.807, 2.05) is 0 Å². The predicted molar refractivity (Wildman–Crippen MR) is 62.8 cm³/mol. The molecule has 2 amide bonds. The molecule has 110 valence electrons. The van der Waals surface area contributed by atoms with Crippen LogP contribution in [-0.2, 0) is 10.9 Å². The molecule has 1 aliphatic heterocycles. The molecule has 0 bridgehead atoms. The molecule has 8 heteroatoms. The highest BCUT2D eigenvalue weighted by atomic mass is 19.4. The zero-order valence-electron chi connectivity index (χ0n) is 10.3. The Morgan fingerprint density at radius 2 is 1.90 bits per heavy atom. The van der Waals surface area contributed by atoms with Crippen LogP contribution >= 0.6 is 0 Å². The number of halogens is 4. The van der Waals surface area contributed by atoms with Crippen LogP contribution < -0.4 is 5.32 Å². The van der Waals surface area contributed by atoms with Gasteiger partial charge in [-0.2, -0.15) is 13.2 Å². The fraction of sp³-hybridized carbons (Fsp3) is 0.417. The predicted octanol–water partition coefficient (Wildman–Crippen LogP) is 2.71. The molecule has 1 N–H and O–H groups in total. The summed E-state index contributed by atoms with van der Waals surface area (Å²) in [4.78, 5) is 13.2. The van der Waals surface area contributed by atoms with Crippen molar-refractivity contribution in [2.45, 2.75) is 6.18 Å². The number of carbonyl (C=O) groups is 1. The van der Waals surface area contributed by atoms with E-state index in [0.717, 1.165) is 6.07 Å². The minimum absolute atomic E-state index is 0.102. The largest absolute Gasteiger partial charge is 0.419 e. The minimum atomic E-state index is -4.80. The average molecular weight is 292 g/mol. The first kappa shape index (κ1) is 14.6. The van der Waals surface area contributed by atoms with Crippen LogP contribution in [0.2, 0.25) is 0 Å². The molecule has 1 fully saturated rings. The van der Waals surface area contributed by atoms with E-state index in [0.29, 0.717) is 38.4 Å². The molecule has 2 rings (SSSR count). The van der Waals surface area contributed by atoms with Gasteiger partial charge in [-0.1, -0.05) is 0 Å². The molecule has 1 aromatic rings. The van der Waals surface area contributed by atoms with E-state index in [-0.39, 0.29) is 5.69 Å². The number of anilines is 1. The summed E-state index contributed by atoms with van der Waals surface area (Å²) >= 11 is 0. The summed E-state index contributed by atoms with van der Waals surface area (Å²) in [5, 5.41) is 2.32. The Morgan fingerprint density at radius 3 is 2.50 bits per heavy atom. The molecule has 0 unspecified atom stereocenters. The molecule has 1 heterocycles. The number of nitrogens with one attached hydrogen (secondary N) is 1. The summed E-state index contributed by atoms with van der Waals surface area (Å²) in [6.07, 6.45) is -4.80. The molecule has 0 radical (unpaired) electrons. The Bertz CT molecular complexity index is 499. The monoisotopic (exact) mass is 292 g/mol. The molecule has 1 saturated heterocycles. The smallest absolute Gasteiger partial charge is 0.378 e. The number of carbonyl (C=O) groups excluding carboxylic acids is 1. The topological polar surface area (TPSA) is 41.6 Å². The minimum Gasteiger partial charge on any atom is -0.378 e. The highest BCUT2D eigenvalue weighted by Gasteiger charge is 2.34. The number of morpholine rings is 1. The molecule has 1 aromatic carbocycles. The molecular weight excluding hydrogens is 280 g/mol. The SMILES string of the molecule is O=C(Nc1ccc(F)c(C(F)(F)F)c1)N1CCOCC1. The number of benzene rings is 1. The van der Waals surface area contributed by atoms with Crippen molar-refractivity contribution in [1.82, 2.24) is 4.90 Å². The lowest BCUT2D eigenvalue weighted by molar-refractivity contribution is -0.139. The summed E-state index contributed by atoms with van der Waals surface area (Å²) < 4.78 is 55.8. The van der Waals surface area contributed by atoms with Crippen molar-refractivity contribution in [1.29, 1.82) is 0 Å². The maximum atomic E-state index is 13.1. The van der Waals surface area contributed by atoms with Gasteiger partial charge in [-0.15, -0.1) is 0 Å². The lowest BCUT2D eigenvalue weighted by Gasteiger charge is -2.27. The summed E-state index contributed by atoms with van der Waals surface area (Å²) in [5.74, 6) is -1.37. The molecule has 0 atom stereocenters. The van der Waals surface area contributed by atoms with Crippen molar-refractivity contribution in [2.24, 2.45) is 0 Å². The standard InChI is InChI=1S/C12H12F4N2O2/c13-10-2-1-8(7-9(10)12(14,15)16)17-11(19)18-3-5-20-6-4-18/h1-2,7H,3-6H2,(H,17,19). The highest BCUT2D eigenvalue weighted by Crippen LogP contribution is 2.33. The first-order chi connectivity index (χ1) is 9.38. The normalized spacial score (nSPS) is 16.1. The molecule has 0 aliphatic carbocycles. The van der Waals surface area contributed by atoms with Crippen molar-refractivity contribution >= 4 is 11.7 Å². The third-order valence-electron chi connectivity index (χ3n) is 2.82. The maximum Gasteiger partial charge on any atom is 0.419 e. The third-order valence-corrected chi connectivity index (χ3v) is 2.82. The molecule has 0 saturated carbocycles. The summed E-state index contributed by atoms with van der Waals surface area (Å²) in [7, 11) is 0. The Balaban J connectivity index is 2.11. The van der Waals surface area contributed by atoms with Gasteiger partial charge >= 0.3 is 12.2 Å². The fourth-order valence-corrected chi connectivity index (χ4v) is 1.79. The Hall–Kier alpha value is -1.83. The molecule has 20 heavy (non-hydrogen) atoms. The van der Waals surface area contributed by atoms with Gasteiger partial charge in [0.2, 0.25) is 0 Å². The van der Waals surface area contributed by atoms with Gasteiger partial charge < -0.3 is 15.0 Å². The fourth-order valence-electron chi connectivity index (χ4n) is 1.79. The van der Waals surface area contributed by atoms with Crippen molar-refractivity contribution in [2.75, 3.05) is 31.6 Å². The van der Waals surface area contributed by atoms with E-state index in [4.69, 9.17) is 4.74 Å². The second-order valence-corrected chi connectivity index (χ2v) is 4.22. The van der Waals surface area contributed by atoms with Gasteiger partial charge in [0, 0.05) is 18.8 Å². The molecular formula is C12H12F4N2O2. The van der Waals surface area contributed by atoms with Crippen molar-refractivity contribution in [3.8, 4) is 0 Å². The molecule has 4 nitrogen and oxygen atoms in total. The first-order valence-corrected chi connectivity index (χ1v) is 5.88. The Kier molecular flexibility index (Phi) is 4.12. The zero-order chi connectivity index (χ0) is 14.8. The van der Waals surface area contributed by atoms with Gasteiger partial charge in [-0.3, -0.25) is 0 Å². The molecule has 0 spiro atoms. The van der Waals surface area contributed by atoms with Crippen LogP contribution in [0.4, 0.5) is 28.0 Å². The van der Waals surface area contributed by atoms with Crippen LogP contribution in [0.3, 0.4) is 0 Å². The number of hydrogen-bond donors (Lipinski definition) is 1. The van der Waals surface area contributed by atoms with E-state index < -0.39 is 23.6 Å². The number of rotatable bonds is 1. The van der Waals surface area contributed by atoms with Gasteiger partial charge in [0.05, 0.1) is 18.8 Å². The highest BCUT2D eigenvalue weighted by molar-refractivity contribution is 5.89. The number of ether oxygens (including phenoxy) is 1. The van der Waals surface area contributed by atoms with Crippen molar-refractivity contribution in [3.63, 3.8) is 0 Å². The number of hydrogen-bond acceptors (Lipinski definition) is 2. The van der Waals surface area contributed by atoms with Crippen LogP contribution in [0.15, 0.2) is 18.2 Å². The lowest BCUT2D eigenvalue weighted by atomic mass is 10.2. The van der Waals surface area contributed by atoms with E-state index >= 15 is 0 Å². The Morgan fingerprint density at radius 1 is 1.25 bits per heavy atom. The van der Waals surface area contributed by atoms with Crippen LogP contribution in [0.1, 0.15) is 5.56 Å². The summed E-state index contributed by atoms with van der Waals surface area (Å²) in [6.45, 7) is 1.48. The van der Waals surface area contributed by atoms with E-state index in [2.05, 4.69) is 5.32 Å². The van der Waals surface area contributed by atoms with E-state index in [9.17, 15) is 22.4 Å². The van der Waals surface area contributed by atoms with Gasteiger partial charge in [-0.25, -0.2) is 9.18 Å². The van der Waals surface area contributed by atoms with Gasteiger partial charge in [0.25, 0.3) is 0 Å². The average Bonchev–Trinajstić information content (AvgIpc) is 2.40. The Labute approximate surface area is 112 Å². The lowest BCUT2D eigenvalue weighted by Crippen LogP contribution is -2.43. The second-order valence-electron chi connectivity index (χ2n) is 4.22. The number of nitrogens with zero attached hydrogens (tertiary/aromatic N) is 1. The van der Waals surface area contributed by atoms with E-state index in [1.165, 1.54) is 4.90 Å². The number of amides is 2. The van der Waals surface area contributed by atoms with Crippen molar-refractivity contribution in [3.05, 3.63) is 29.6 Å². The second kappa shape index (κ2) is 5.66. The van der Waals surface area contributed by atoms with Gasteiger partial charge in [0.1, 0.15) is 5.82 Å². The van der Waals surface area contributed by atoms with Crippen LogP contribution in [0.5, 0.6) is 0 Å². The maximum absolute atomic E-state index is 13.1. The quantitative estimate of drug-likeness (QED) is 0.809. The van der Waals surface area contributed by atoms with Crippen LogP contribution in [0, 0.1) is 5.82 Å². The van der Waals surface area contributed by atoms with Crippen LogP contribution in [0.25, 0.3) is 0 Å². The van der Waals surface area contributed by atoms with Crippen LogP contribution in [-0.4, -0.2) is 37.2 Å². The number of urea groups is 1. The third kappa shape index (κ3) is 3.38.